The van der Waals surface area contributed by atoms with E-state index in [4.69, 9.17) is 11.6 Å². The van der Waals surface area contributed by atoms with Crippen LogP contribution in [0.3, 0.4) is 0 Å². The Kier molecular flexibility index (Phi) is 7.87. The quantitative estimate of drug-likeness (QED) is 0.289. The number of hydrogen-bond donors (Lipinski definition) is 2. The summed E-state index contributed by atoms with van der Waals surface area (Å²) < 4.78 is 27.8. The highest BCUT2D eigenvalue weighted by Crippen LogP contribution is 2.30. The van der Waals surface area contributed by atoms with Crippen molar-refractivity contribution in [3.63, 3.8) is 0 Å². The Morgan fingerprint density at radius 3 is 2.54 bits per heavy atom. The predicted octanol–water partition coefficient (Wildman–Crippen LogP) is 4.49. The Hall–Kier alpha value is -3.86. The summed E-state index contributed by atoms with van der Waals surface area (Å²) in [6.45, 7) is 1.47. The molecule has 2 heterocycles. The zero-order valence-corrected chi connectivity index (χ0v) is 22.5. The van der Waals surface area contributed by atoms with E-state index in [0.29, 0.717) is 46.9 Å². The number of hydrogen-bond acceptors (Lipinski definition) is 6. The molecule has 200 valence electrons. The van der Waals surface area contributed by atoms with Gasteiger partial charge < -0.3 is 10.2 Å². The number of para-hydroxylation sites is 2. The van der Waals surface area contributed by atoms with Gasteiger partial charge in [-0.1, -0.05) is 23.7 Å². The van der Waals surface area contributed by atoms with Crippen molar-refractivity contribution in [1.82, 2.24) is 19.6 Å². The molecule has 9 nitrogen and oxygen atoms in total. The van der Waals surface area contributed by atoms with Crippen LogP contribution < -0.4 is 10.0 Å². The molecular weight excluding hydrogens is 538 g/mol. The fraction of sp³-hybridized carbons (Fsp3) is 0.214. The van der Waals surface area contributed by atoms with Crippen LogP contribution in [0, 0.1) is 0 Å². The summed E-state index contributed by atoms with van der Waals surface area (Å²) >= 11 is 6.42. The average molecular weight is 564 g/mol. The van der Waals surface area contributed by atoms with Gasteiger partial charge in [-0.15, -0.1) is 0 Å². The van der Waals surface area contributed by atoms with Crippen LogP contribution in [-0.4, -0.2) is 54.7 Å². The lowest BCUT2D eigenvalue weighted by atomic mass is 10.1. The highest BCUT2D eigenvalue weighted by molar-refractivity contribution is 7.89. The van der Waals surface area contributed by atoms with Crippen molar-refractivity contribution in [3.05, 3.63) is 83.5 Å². The minimum absolute atomic E-state index is 0.0555. The summed E-state index contributed by atoms with van der Waals surface area (Å²) in [5.74, 6) is -0.288. The van der Waals surface area contributed by atoms with Gasteiger partial charge in [-0.25, -0.2) is 18.1 Å². The summed E-state index contributed by atoms with van der Waals surface area (Å²) in [6.07, 6.45) is 3.57. The van der Waals surface area contributed by atoms with Crippen LogP contribution in [0.2, 0.25) is 5.02 Å². The number of anilines is 1. The van der Waals surface area contributed by atoms with Gasteiger partial charge in [0.25, 0.3) is 5.91 Å². The van der Waals surface area contributed by atoms with Crippen molar-refractivity contribution in [1.29, 1.82) is 0 Å². The molecule has 0 spiro atoms. The molecule has 1 aliphatic rings. The number of aromatic nitrogens is 2. The van der Waals surface area contributed by atoms with Gasteiger partial charge in [0.2, 0.25) is 15.9 Å². The molecule has 39 heavy (non-hydrogen) atoms. The molecule has 2 amide bonds. The van der Waals surface area contributed by atoms with Crippen LogP contribution in [0.25, 0.3) is 22.3 Å². The summed E-state index contributed by atoms with van der Waals surface area (Å²) in [7, 11) is -3.74. The van der Waals surface area contributed by atoms with Crippen LogP contribution in [0.1, 0.15) is 29.6 Å². The van der Waals surface area contributed by atoms with Gasteiger partial charge in [-0.05, 0) is 67.4 Å². The minimum atomic E-state index is -3.74. The van der Waals surface area contributed by atoms with Crippen LogP contribution in [-0.2, 0) is 14.8 Å². The van der Waals surface area contributed by atoms with Gasteiger partial charge >= 0.3 is 0 Å². The average Bonchev–Trinajstić information content (AvgIpc) is 3.36. The number of rotatable bonds is 9. The number of likely N-dealkylation sites (tertiary alicyclic amines) is 1. The van der Waals surface area contributed by atoms with Crippen molar-refractivity contribution in [2.45, 2.75) is 24.2 Å². The van der Waals surface area contributed by atoms with Gasteiger partial charge in [-0.3, -0.25) is 14.6 Å². The maximum Gasteiger partial charge on any atom is 0.255 e. The lowest BCUT2D eigenvalue weighted by Gasteiger charge is -2.15. The van der Waals surface area contributed by atoms with E-state index >= 15 is 0 Å². The largest absolute Gasteiger partial charge is 0.343 e. The Morgan fingerprint density at radius 2 is 1.79 bits per heavy atom. The molecule has 0 bridgehead atoms. The highest BCUT2D eigenvalue weighted by Gasteiger charge is 2.20. The zero-order chi connectivity index (χ0) is 27.4. The number of carbonyl (C=O) groups excluding carboxylic acids is 2. The van der Waals surface area contributed by atoms with Crippen LogP contribution in [0.5, 0.6) is 0 Å². The number of halogens is 1. The topological polar surface area (TPSA) is 121 Å². The van der Waals surface area contributed by atoms with Crippen molar-refractivity contribution in [2.75, 3.05) is 25.0 Å². The highest BCUT2D eigenvalue weighted by atomic mass is 35.5. The fourth-order valence-electron chi connectivity index (χ4n) is 4.38. The van der Waals surface area contributed by atoms with Gasteiger partial charge in [0.1, 0.15) is 0 Å². The lowest BCUT2D eigenvalue weighted by Crippen LogP contribution is -2.30. The van der Waals surface area contributed by atoms with Gasteiger partial charge in [0.05, 0.1) is 32.8 Å². The molecular formula is C28H26ClN5O4S. The van der Waals surface area contributed by atoms with Crippen LogP contribution in [0.15, 0.2) is 77.8 Å². The molecule has 0 atom stereocenters. The maximum atomic E-state index is 12.9. The van der Waals surface area contributed by atoms with Crippen molar-refractivity contribution in [2.24, 2.45) is 0 Å². The number of amides is 2. The third-order valence-corrected chi connectivity index (χ3v) is 8.25. The molecule has 1 saturated heterocycles. The predicted molar refractivity (Wildman–Crippen MR) is 150 cm³/mol. The monoisotopic (exact) mass is 563 g/mol. The minimum Gasteiger partial charge on any atom is -0.343 e. The number of fused-ring (bicyclic) bond motifs is 1. The smallest absolute Gasteiger partial charge is 0.255 e. The Morgan fingerprint density at radius 1 is 1.03 bits per heavy atom. The van der Waals surface area contributed by atoms with Crippen LogP contribution >= 0.6 is 11.6 Å². The Labute approximate surface area is 231 Å². The van der Waals surface area contributed by atoms with E-state index in [1.54, 1.807) is 29.3 Å². The first-order chi connectivity index (χ1) is 18.8. The molecule has 1 fully saturated rings. The molecule has 3 aromatic carbocycles. The molecule has 0 saturated carbocycles. The van der Waals surface area contributed by atoms with Gasteiger partial charge in [0, 0.05) is 42.9 Å². The number of benzene rings is 3. The third kappa shape index (κ3) is 6.25. The fourth-order valence-corrected chi connectivity index (χ4v) is 5.66. The molecule has 1 aliphatic heterocycles. The van der Waals surface area contributed by atoms with E-state index in [1.807, 2.05) is 24.3 Å². The first kappa shape index (κ1) is 26.7. The zero-order valence-electron chi connectivity index (χ0n) is 20.9. The van der Waals surface area contributed by atoms with E-state index in [-0.39, 0.29) is 17.3 Å². The first-order valence-electron chi connectivity index (χ1n) is 12.5. The summed E-state index contributed by atoms with van der Waals surface area (Å²) in [4.78, 5) is 35.4. The van der Waals surface area contributed by atoms with E-state index in [0.717, 1.165) is 24.0 Å². The number of carbonyl (C=O) groups is 2. The number of sulfonamides is 1. The SMILES string of the molecule is O=C(Nc1ccc(Cl)c(-c2cnc3ccccc3n2)c1)c1ccc(S(=O)(=O)NCCCN2CCCC2=O)cc1. The Balaban J connectivity index is 1.22. The Bertz CT molecular complexity index is 1640. The number of nitrogens with one attached hydrogen (secondary N) is 2. The summed E-state index contributed by atoms with van der Waals surface area (Å²) in [5, 5.41) is 3.28. The number of nitrogens with zero attached hydrogens (tertiary/aromatic N) is 3. The summed E-state index contributed by atoms with van der Waals surface area (Å²) in [6, 6.07) is 18.3. The van der Waals surface area contributed by atoms with E-state index in [1.165, 1.54) is 24.3 Å². The van der Waals surface area contributed by atoms with Crippen molar-refractivity contribution in [3.8, 4) is 11.3 Å². The molecule has 1 aromatic heterocycles. The van der Waals surface area contributed by atoms with E-state index < -0.39 is 15.9 Å². The lowest BCUT2D eigenvalue weighted by molar-refractivity contribution is -0.127. The molecule has 5 rings (SSSR count). The first-order valence-corrected chi connectivity index (χ1v) is 14.4. The molecule has 0 unspecified atom stereocenters. The molecule has 0 aliphatic carbocycles. The molecule has 2 N–H and O–H groups in total. The third-order valence-electron chi connectivity index (χ3n) is 6.44. The van der Waals surface area contributed by atoms with E-state index in [2.05, 4.69) is 20.0 Å². The second-order valence-corrected chi connectivity index (χ2v) is 11.3. The van der Waals surface area contributed by atoms with Crippen LogP contribution in [0.4, 0.5) is 5.69 Å². The van der Waals surface area contributed by atoms with Gasteiger partial charge in [0.15, 0.2) is 0 Å². The summed E-state index contributed by atoms with van der Waals surface area (Å²) in [5.41, 5.74) is 3.48. The molecule has 4 aromatic rings. The molecule has 0 radical (unpaired) electrons. The maximum absolute atomic E-state index is 12.9. The van der Waals surface area contributed by atoms with Crippen molar-refractivity contribution >= 4 is 50.2 Å². The second-order valence-electron chi connectivity index (χ2n) is 9.15. The van der Waals surface area contributed by atoms with Gasteiger partial charge in [-0.2, -0.15) is 0 Å². The normalized spacial score (nSPS) is 13.7. The standard InChI is InChI=1S/C28H26ClN5O4S/c29-23-13-10-20(17-22(23)26-18-30-24-5-1-2-6-25(24)33-26)32-28(36)19-8-11-21(12-9-19)39(37,38)31-14-4-16-34-15-3-7-27(34)35/h1-2,5-6,8-13,17-18,31H,3-4,7,14-16H2,(H,32,36). The van der Waals surface area contributed by atoms with Crippen molar-refractivity contribution < 1.29 is 18.0 Å². The second kappa shape index (κ2) is 11.5. The van der Waals surface area contributed by atoms with E-state index in [9.17, 15) is 18.0 Å². The molecule has 11 heteroatoms.